The number of ether oxygens (including phenoxy) is 2. The molecule has 170 valence electrons. The Morgan fingerprint density at radius 2 is 1.75 bits per heavy atom. The maximum atomic E-state index is 10.5. The number of hydrogen-bond donors (Lipinski definition) is 1. The van der Waals surface area contributed by atoms with Gasteiger partial charge in [-0.1, -0.05) is 43.3 Å². The molecule has 1 atom stereocenters. The molecule has 1 saturated carbocycles. The fraction of sp³-hybridized carbons (Fsp3) is 0.423. The maximum Gasteiger partial charge on any atom is 0.227 e. The van der Waals surface area contributed by atoms with E-state index >= 15 is 0 Å². The number of nitrogens with zero attached hydrogens (tertiary/aromatic N) is 3. The van der Waals surface area contributed by atoms with E-state index in [1.165, 1.54) is 0 Å². The first-order chi connectivity index (χ1) is 15.7. The first-order valence-corrected chi connectivity index (χ1v) is 11.6. The van der Waals surface area contributed by atoms with E-state index in [1.54, 1.807) is 0 Å². The second-order valence-corrected chi connectivity index (χ2v) is 8.22. The van der Waals surface area contributed by atoms with Crippen molar-refractivity contribution in [2.24, 2.45) is 0 Å². The number of para-hydroxylation sites is 2. The summed E-state index contributed by atoms with van der Waals surface area (Å²) in [7, 11) is 0. The molecule has 0 saturated heterocycles. The molecule has 1 aliphatic carbocycles. The third-order valence-electron chi connectivity index (χ3n) is 5.70. The van der Waals surface area contributed by atoms with Crippen LogP contribution in [0, 0.1) is 0 Å². The Labute approximate surface area is 190 Å². The summed E-state index contributed by atoms with van der Waals surface area (Å²) in [5.74, 6) is 1.52. The predicted octanol–water partition coefficient (Wildman–Crippen LogP) is 4.59. The van der Waals surface area contributed by atoms with Crippen molar-refractivity contribution in [3.8, 4) is 17.3 Å². The lowest BCUT2D eigenvalue weighted by Crippen LogP contribution is -2.36. The van der Waals surface area contributed by atoms with Crippen molar-refractivity contribution >= 4 is 0 Å². The highest BCUT2D eigenvalue weighted by Gasteiger charge is 2.33. The molecule has 6 nitrogen and oxygen atoms in total. The topological polar surface area (TPSA) is 59.8 Å². The molecule has 1 N–H and O–H groups in total. The van der Waals surface area contributed by atoms with Gasteiger partial charge in [0.05, 0.1) is 29.7 Å². The van der Waals surface area contributed by atoms with Crippen LogP contribution in [0.3, 0.4) is 0 Å². The Bertz CT molecular complexity index is 971. The van der Waals surface area contributed by atoms with E-state index in [4.69, 9.17) is 14.6 Å². The Balaban J connectivity index is 1.68. The minimum Gasteiger partial charge on any atom is -0.439 e. The van der Waals surface area contributed by atoms with Crippen molar-refractivity contribution in [2.45, 2.75) is 51.8 Å². The molecule has 0 aliphatic heterocycles. The van der Waals surface area contributed by atoms with Gasteiger partial charge in [0.2, 0.25) is 5.88 Å². The minimum absolute atomic E-state index is 0.358. The van der Waals surface area contributed by atoms with E-state index in [-0.39, 0.29) is 0 Å². The van der Waals surface area contributed by atoms with Gasteiger partial charge < -0.3 is 14.6 Å². The van der Waals surface area contributed by atoms with Crippen LogP contribution in [0.15, 0.2) is 60.7 Å². The zero-order valence-corrected chi connectivity index (χ0v) is 19.0. The van der Waals surface area contributed by atoms with Gasteiger partial charge in [0.15, 0.2) is 0 Å². The molecule has 2 aromatic carbocycles. The van der Waals surface area contributed by atoms with Crippen molar-refractivity contribution in [1.29, 1.82) is 0 Å². The highest BCUT2D eigenvalue weighted by Crippen LogP contribution is 2.35. The molecule has 1 aliphatic rings. The normalized spacial score (nSPS) is 14.6. The van der Waals surface area contributed by atoms with Crippen LogP contribution in [0.1, 0.15) is 37.9 Å². The van der Waals surface area contributed by atoms with Crippen LogP contribution in [0.5, 0.6) is 11.6 Å². The molecule has 1 heterocycles. The van der Waals surface area contributed by atoms with Crippen LogP contribution in [-0.2, 0) is 17.7 Å². The van der Waals surface area contributed by atoms with Crippen LogP contribution < -0.4 is 4.74 Å². The van der Waals surface area contributed by atoms with Crippen molar-refractivity contribution in [3.05, 3.63) is 71.9 Å². The van der Waals surface area contributed by atoms with E-state index < -0.39 is 6.10 Å². The molecular formula is C26H33N3O3. The van der Waals surface area contributed by atoms with Crippen molar-refractivity contribution in [3.63, 3.8) is 0 Å². The largest absolute Gasteiger partial charge is 0.439 e. The summed E-state index contributed by atoms with van der Waals surface area (Å²) in [4.78, 5) is 2.35. The van der Waals surface area contributed by atoms with Crippen LogP contribution in [0.4, 0.5) is 0 Å². The predicted molar refractivity (Wildman–Crippen MR) is 125 cm³/mol. The number of aryl methyl sites for hydroxylation is 1. The average molecular weight is 436 g/mol. The summed E-state index contributed by atoms with van der Waals surface area (Å²) in [6, 6.07) is 20.4. The van der Waals surface area contributed by atoms with E-state index in [0.29, 0.717) is 32.3 Å². The smallest absolute Gasteiger partial charge is 0.227 e. The molecule has 4 rings (SSSR count). The van der Waals surface area contributed by atoms with Gasteiger partial charge in [-0.3, -0.25) is 4.90 Å². The van der Waals surface area contributed by atoms with Crippen LogP contribution in [0.2, 0.25) is 0 Å². The third kappa shape index (κ3) is 5.57. The molecule has 0 unspecified atom stereocenters. The van der Waals surface area contributed by atoms with Crippen molar-refractivity contribution in [1.82, 2.24) is 14.7 Å². The second-order valence-electron chi connectivity index (χ2n) is 8.22. The highest BCUT2D eigenvalue weighted by atomic mass is 16.5. The van der Waals surface area contributed by atoms with Crippen LogP contribution in [-0.4, -0.2) is 51.7 Å². The summed E-state index contributed by atoms with van der Waals surface area (Å²) >= 11 is 0. The lowest BCUT2D eigenvalue weighted by atomic mass is 10.1. The first-order valence-electron chi connectivity index (χ1n) is 11.6. The molecule has 0 radical (unpaired) electrons. The van der Waals surface area contributed by atoms with Gasteiger partial charge in [-0.25, -0.2) is 4.68 Å². The van der Waals surface area contributed by atoms with Crippen LogP contribution in [0.25, 0.3) is 5.69 Å². The van der Waals surface area contributed by atoms with Gasteiger partial charge in [0.25, 0.3) is 0 Å². The fourth-order valence-electron chi connectivity index (χ4n) is 3.93. The van der Waals surface area contributed by atoms with Crippen molar-refractivity contribution in [2.75, 3.05) is 19.8 Å². The summed E-state index contributed by atoms with van der Waals surface area (Å²) in [6.45, 7) is 6.31. The Morgan fingerprint density at radius 3 is 2.38 bits per heavy atom. The standard InChI is InChI=1S/C26H33N3O3/c1-3-25-24(18-28(20-15-16-20)17-22(30)19-31-4-2)26(32-23-13-9-6-10-14-23)29(27-25)21-11-7-5-8-12-21/h5-14,20,22,30H,3-4,15-19H2,1-2H3/t22-/m1/s1. The molecule has 0 spiro atoms. The molecule has 0 bridgehead atoms. The zero-order valence-electron chi connectivity index (χ0n) is 19.0. The lowest BCUT2D eigenvalue weighted by Gasteiger charge is -2.25. The molecule has 0 amide bonds. The number of hydrogen-bond acceptors (Lipinski definition) is 5. The monoisotopic (exact) mass is 435 g/mol. The number of aromatic nitrogens is 2. The maximum absolute atomic E-state index is 10.5. The first kappa shape index (κ1) is 22.5. The summed E-state index contributed by atoms with van der Waals surface area (Å²) in [5.41, 5.74) is 3.06. The molecular weight excluding hydrogens is 402 g/mol. The third-order valence-corrected chi connectivity index (χ3v) is 5.70. The zero-order chi connectivity index (χ0) is 22.3. The molecule has 1 aromatic heterocycles. The van der Waals surface area contributed by atoms with E-state index in [2.05, 4.69) is 11.8 Å². The molecule has 32 heavy (non-hydrogen) atoms. The number of aliphatic hydroxyl groups is 1. The molecule has 3 aromatic rings. The van der Waals surface area contributed by atoms with Gasteiger partial charge in [-0.15, -0.1) is 0 Å². The highest BCUT2D eigenvalue weighted by molar-refractivity contribution is 5.43. The van der Waals surface area contributed by atoms with E-state index in [0.717, 1.165) is 47.8 Å². The number of benzene rings is 2. The fourth-order valence-corrected chi connectivity index (χ4v) is 3.93. The SMILES string of the molecule is CCOC[C@H](O)CN(Cc1c(CC)nn(-c2ccccc2)c1Oc1ccccc1)C1CC1. The number of aliphatic hydroxyl groups excluding tert-OH is 1. The lowest BCUT2D eigenvalue weighted by molar-refractivity contribution is 0.0177. The van der Waals surface area contributed by atoms with Gasteiger partial charge in [0.1, 0.15) is 5.75 Å². The Morgan fingerprint density at radius 1 is 1.06 bits per heavy atom. The summed E-state index contributed by atoms with van der Waals surface area (Å²) in [5, 5.41) is 15.4. The van der Waals surface area contributed by atoms with Gasteiger partial charge in [0, 0.05) is 25.7 Å². The van der Waals surface area contributed by atoms with E-state index in [1.807, 2.05) is 72.3 Å². The van der Waals surface area contributed by atoms with Crippen molar-refractivity contribution < 1.29 is 14.6 Å². The summed E-state index contributed by atoms with van der Waals surface area (Å²) < 4.78 is 13.8. The average Bonchev–Trinajstić information content (AvgIpc) is 3.62. The summed E-state index contributed by atoms with van der Waals surface area (Å²) in [6.07, 6.45) is 2.61. The quantitative estimate of drug-likeness (QED) is 0.451. The number of rotatable bonds is 12. The second kappa shape index (κ2) is 10.8. The van der Waals surface area contributed by atoms with Gasteiger partial charge in [-0.05, 0) is 50.5 Å². The molecule has 6 heteroatoms. The van der Waals surface area contributed by atoms with Gasteiger partial charge >= 0.3 is 0 Å². The van der Waals surface area contributed by atoms with E-state index in [9.17, 15) is 5.11 Å². The minimum atomic E-state index is -0.511. The Hall–Kier alpha value is -2.67. The van der Waals surface area contributed by atoms with Crippen LogP contribution >= 0.6 is 0 Å². The Kier molecular flexibility index (Phi) is 7.58. The molecule has 1 fully saturated rings. The van der Waals surface area contributed by atoms with Gasteiger partial charge in [-0.2, -0.15) is 5.10 Å².